The van der Waals surface area contributed by atoms with Gasteiger partial charge in [0.15, 0.2) is 0 Å². The van der Waals surface area contributed by atoms with Crippen molar-refractivity contribution in [2.24, 2.45) is 18.9 Å². The second-order valence-electron chi connectivity index (χ2n) is 7.73. The fourth-order valence-electron chi connectivity index (χ4n) is 4.23. The van der Waals surface area contributed by atoms with Gasteiger partial charge in [0.2, 0.25) is 11.9 Å². The number of benzene rings is 1. The van der Waals surface area contributed by atoms with E-state index in [1.165, 1.54) is 0 Å². The summed E-state index contributed by atoms with van der Waals surface area (Å²) in [6.45, 7) is 6.02. The Morgan fingerprint density at radius 2 is 1.72 bits per heavy atom. The van der Waals surface area contributed by atoms with E-state index in [4.69, 9.17) is 4.98 Å². The summed E-state index contributed by atoms with van der Waals surface area (Å²) < 4.78 is 2.17. The molecule has 2 saturated heterocycles. The molecule has 5 heteroatoms. The number of piperidine rings is 2. The van der Waals surface area contributed by atoms with E-state index in [1.54, 1.807) is 0 Å². The predicted octanol–water partition coefficient (Wildman–Crippen LogP) is 3.05. The normalized spacial score (nSPS) is 20.4. The van der Waals surface area contributed by atoms with Crippen LogP contribution in [0.3, 0.4) is 0 Å². The quantitative estimate of drug-likeness (QED) is 0.844. The maximum Gasteiger partial charge on any atom is 0.225 e. The Hall–Kier alpha value is -2.04. The second-order valence-corrected chi connectivity index (χ2v) is 7.73. The molecule has 4 rings (SSSR count). The Morgan fingerprint density at radius 3 is 2.40 bits per heavy atom. The summed E-state index contributed by atoms with van der Waals surface area (Å²) >= 11 is 0. The number of carbonyl (C=O) groups is 1. The SMILES string of the molecule is CC1CCN(C(=O)C2CCN(c3nc4ccccc4n3C)CC2)CC1. The van der Waals surface area contributed by atoms with Crippen LogP contribution in [0.1, 0.15) is 32.6 Å². The van der Waals surface area contributed by atoms with Gasteiger partial charge in [-0.2, -0.15) is 0 Å². The van der Waals surface area contributed by atoms with E-state index in [0.29, 0.717) is 5.91 Å². The molecule has 0 radical (unpaired) electrons. The number of para-hydroxylation sites is 2. The molecule has 2 aliphatic heterocycles. The van der Waals surface area contributed by atoms with Gasteiger partial charge in [0.1, 0.15) is 0 Å². The van der Waals surface area contributed by atoms with E-state index in [2.05, 4.69) is 46.5 Å². The summed E-state index contributed by atoms with van der Waals surface area (Å²) in [6, 6.07) is 8.26. The summed E-state index contributed by atoms with van der Waals surface area (Å²) in [4.78, 5) is 22.0. The van der Waals surface area contributed by atoms with Gasteiger partial charge in [0.25, 0.3) is 0 Å². The van der Waals surface area contributed by atoms with Gasteiger partial charge < -0.3 is 14.4 Å². The van der Waals surface area contributed by atoms with Crippen molar-refractivity contribution in [3.63, 3.8) is 0 Å². The van der Waals surface area contributed by atoms with Crippen LogP contribution in [0.2, 0.25) is 0 Å². The largest absolute Gasteiger partial charge is 0.342 e. The van der Waals surface area contributed by atoms with Gasteiger partial charge in [-0.3, -0.25) is 4.79 Å². The monoisotopic (exact) mass is 340 g/mol. The number of aryl methyl sites for hydroxylation is 1. The van der Waals surface area contributed by atoms with E-state index < -0.39 is 0 Å². The lowest BCUT2D eigenvalue weighted by atomic mass is 9.93. The number of hydrogen-bond donors (Lipinski definition) is 0. The molecule has 2 fully saturated rings. The molecule has 1 aromatic carbocycles. The van der Waals surface area contributed by atoms with Gasteiger partial charge in [0, 0.05) is 39.1 Å². The Kier molecular flexibility index (Phi) is 4.40. The van der Waals surface area contributed by atoms with E-state index >= 15 is 0 Å². The third-order valence-corrected chi connectivity index (χ3v) is 5.99. The van der Waals surface area contributed by atoms with E-state index in [9.17, 15) is 4.79 Å². The number of hydrogen-bond acceptors (Lipinski definition) is 3. The second kappa shape index (κ2) is 6.70. The number of likely N-dealkylation sites (tertiary alicyclic amines) is 1. The first kappa shape index (κ1) is 16.4. The minimum absolute atomic E-state index is 0.194. The van der Waals surface area contributed by atoms with Crippen LogP contribution in [0.15, 0.2) is 24.3 Å². The van der Waals surface area contributed by atoms with Gasteiger partial charge in [-0.25, -0.2) is 4.98 Å². The fraction of sp³-hybridized carbons (Fsp3) is 0.600. The Balaban J connectivity index is 1.41. The summed E-state index contributed by atoms with van der Waals surface area (Å²) in [6.07, 6.45) is 4.19. The first-order valence-corrected chi connectivity index (χ1v) is 9.58. The third-order valence-electron chi connectivity index (χ3n) is 5.99. The van der Waals surface area contributed by atoms with Crippen LogP contribution in [0, 0.1) is 11.8 Å². The average Bonchev–Trinajstić information content (AvgIpc) is 2.99. The van der Waals surface area contributed by atoms with Gasteiger partial charge in [-0.15, -0.1) is 0 Å². The first-order chi connectivity index (χ1) is 12.1. The van der Waals surface area contributed by atoms with Crippen molar-refractivity contribution in [3.05, 3.63) is 24.3 Å². The van der Waals surface area contributed by atoms with Crippen LogP contribution in [0.5, 0.6) is 0 Å². The molecule has 2 aromatic rings. The van der Waals surface area contributed by atoms with Gasteiger partial charge >= 0.3 is 0 Å². The van der Waals surface area contributed by atoms with Crippen LogP contribution >= 0.6 is 0 Å². The standard InChI is InChI=1S/C20H28N4O/c1-15-7-11-23(12-8-15)19(25)16-9-13-24(14-10-16)20-21-17-5-3-4-6-18(17)22(20)2/h3-6,15-16H,7-14H2,1-2H3. The molecule has 0 saturated carbocycles. The minimum atomic E-state index is 0.194. The third kappa shape index (κ3) is 3.12. The van der Waals surface area contributed by atoms with Crippen molar-refractivity contribution in [1.29, 1.82) is 0 Å². The molecule has 2 aliphatic rings. The predicted molar refractivity (Wildman–Crippen MR) is 101 cm³/mol. The summed E-state index contributed by atoms with van der Waals surface area (Å²) in [7, 11) is 2.08. The van der Waals surface area contributed by atoms with Crippen LogP contribution in [0.25, 0.3) is 11.0 Å². The number of anilines is 1. The molecule has 3 heterocycles. The van der Waals surface area contributed by atoms with Crippen molar-refractivity contribution in [2.75, 3.05) is 31.1 Å². The van der Waals surface area contributed by atoms with Crippen LogP contribution < -0.4 is 4.90 Å². The lowest BCUT2D eigenvalue weighted by molar-refractivity contribution is -0.137. The van der Waals surface area contributed by atoms with Gasteiger partial charge in [0.05, 0.1) is 11.0 Å². The molecule has 1 aromatic heterocycles. The van der Waals surface area contributed by atoms with E-state index in [1.807, 2.05) is 6.07 Å². The number of fused-ring (bicyclic) bond motifs is 1. The number of nitrogens with zero attached hydrogens (tertiary/aromatic N) is 4. The summed E-state index contributed by atoms with van der Waals surface area (Å²) in [5, 5.41) is 0. The lowest BCUT2D eigenvalue weighted by Crippen LogP contribution is -2.45. The highest BCUT2D eigenvalue weighted by Gasteiger charge is 2.31. The first-order valence-electron chi connectivity index (χ1n) is 9.58. The number of rotatable bonds is 2. The summed E-state index contributed by atoms with van der Waals surface area (Å²) in [5.41, 5.74) is 2.21. The molecule has 5 nitrogen and oxygen atoms in total. The van der Waals surface area contributed by atoms with Crippen molar-refractivity contribution in [3.8, 4) is 0 Å². The van der Waals surface area contributed by atoms with Crippen LogP contribution in [-0.4, -0.2) is 46.5 Å². The molecule has 0 N–H and O–H groups in total. The Bertz CT molecular complexity index is 752. The fourth-order valence-corrected chi connectivity index (χ4v) is 4.23. The zero-order valence-electron chi connectivity index (χ0n) is 15.3. The highest BCUT2D eigenvalue weighted by atomic mass is 16.2. The molecule has 25 heavy (non-hydrogen) atoms. The zero-order chi connectivity index (χ0) is 17.4. The minimum Gasteiger partial charge on any atom is -0.342 e. The molecule has 1 amide bonds. The molecule has 0 unspecified atom stereocenters. The topological polar surface area (TPSA) is 41.4 Å². The average molecular weight is 340 g/mol. The lowest BCUT2D eigenvalue weighted by Gasteiger charge is -2.37. The number of amides is 1. The van der Waals surface area contributed by atoms with Gasteiger partial charge in [-0.1, -0.05) is 19.1 Å². The molecular weight excluding hydrogens is 312 g/mol. The van der Waals surface area contributed by atoms with Gasteiger partial charge in [-0.05, 0) is 43.7 Å². The molecular formula is C20H28N4O. The Morgan fingerprint density at radius 1 is 1.04 bits per heavy atom. The number of carbonyl (C=O) groups excluding carboxylic acids is 1. The molecule has 0 atom stereocenters. The highest BCUT2D eigenvalue weighted by molar-refractivity contribution is 5.80. The van der Waals surface area contributed by atoms with Crippen molar-refractivity contribution >= 4 is 22.9 Å². The number of imidazole rings is 1. The number of aromatic nitrogens is 2. The smallest absolute Gasteiger partial charge is 0.225 e. The maximum absolute atomic E-state index is 12.8. The van der Waals surface area contributed by atoms with Crippen LogP contribution in [-0.2, 0) is 11.8 Å². The van der Waals surface area contributed by atoms with E-state index in [0.717, 1.165) is 74.8 Å². The summed E-state index contributed by atoms with van der Waals surface area (Å²) in [5.74, 6) is 2.37. The highest BCUT2D eigenvalue weighted by Crippen LogP contribution is 2.28. The molecule has 0 spiro atoms. The van der Waals surface area contributed by atoms with Crippen molar-refractivity contribution in [2.45, 2.75) is 32.6 Å². The van der Waals surface area contributed by atoms with Crippen molar-refractivity contribution < 1.29 is 4.79 Å². The van der Waals surface area contributed by atoms with Crippen molar-refractivity contribution in [1.82, 2.24) is 14.5 Å². The molecule has 134 valence electrons. The maximum atomic E-state index is 12.8. The molecule has 0 bridgehead atoms. The molecule has 0 aliphatic carbocycles. The van der Waals surface area contributed by atoms with Crippen LogP contribution in [0.4, 0.5) is 5.95 Å². The zero-order valence-corrected chi connectivity index (χ0v) is 15.3. The Labute approximate surface area is 149 Å². The van der Waals surface area contributed by atoms with E-state index in [-0.39, 0.29) is 5.92 Å².